The largest absolute Gasteiger partial charge is 0.493 e. The van der Waals surface area contributed by atoms with Gasteiger partial charge in [-0.3, -0.25) is 4.79 Å². The molecule has 0 radical (unpaired) electrons. The van der Waals surface area contributed by atoms with E-state index in [1.807, 2.05) is 43.3 Å². The van der Waals surface area contributed by atoms with Crippen molar-refractivity contribution in [3.63, 3.8) is 0 Å². The predicted octanol–water partition coefficient (Wildman–Crippen LogP) is 5.43. The smallest absolute Gasteiger partial charge is 0.224 e. The number of ether oxygens (including phenoxy) is 1. The molecule has 1 N–H and O–H groups in total. The Morgan fingerprint density at radius 3 is 2.94 bits per heavy atom. The van der Waals surface area contributed by atoms with Gasteiger partial charge in [-0.15, -0.1) is 10.2 Å². The molecule has 1 amide bonds. The first-order chi connectivity index (χ1) is 15.1. The third-order valence-electron chi connectivity index (χ3n) is 5.46. The molecule has 0 saturated heterocycles. The fourth-order valence-electron chi connectivity index (χ4n) is 3.85. The van der Waals surface area contributed by atoms with E-state index < -0.39 is 0 Å². The van der Waals surface area contributed by atoms with E-state index in [-0.39, 0.29) is 5.91 Å². The lowest BCUT2D eigenvalue weighted by atomic mass is 10.1. The highest BCUT2D eigenvalue weighted by molar-refractivity contribution is 6.30. The van der Waals surface area contributed by atoms with Gasteiger partial charge in [0.2, 0.25) is 5.91 Å². The summed E-state index contributed by atoms with van der Waals surface area (Å²) >= 11 is 5.97. The number of carbonyl (C=O) groups is 1. The third-order valence-corrected chi connectivity index (χ3v) is 5.69. The van der Waals surface area contributed by atoms with E-state index in [0.29, 0.717) is 24.5 Å². The molecule has 162 valence electrons. The Labute approximate surface area is 187 Å². The molecule has 0 fully saturated rings. The molecule has 31 heavy (non-hydrogen) atoms. The molecular formula is C24H27ClN4O2. The van der Waals surface area contributed by atoms with Gasteiger partial charge in [0, 0.05) is 35.7 Å². The average Bonchev–Trinajstić information content (AvgIpc) is 3.01. The summed E-state index contributed by atoms with van der Waals surface area (Å²) in [5.74, 6) is 2.69. The van der Waals surface area contributed by atoms with Crippen LogP contribution in [0.2, 0.25) is 5.02 Å². The number of fused-ring (bicyclic) bond motifs is 1. The van der Waals surface area contributed by atoms with Crippen LogP contribution in [0.1, 0.15) is 43.5 Å². The van der Waals surface area contributed by atoms with Crippen LogP contribution in [0.25, 0.3) is 11.4 Å². The number of anilines is 1. The van der Waals surface area contributed by atoms with Crippen LogP contribution in [0, 0.1) is 6.92 Å². The molecular weight excluding hydrogens is 412 g/mol. The van der Waals surface area contributed by atoms with Crippen LogP contribution in [0.5, 0.6) is 5.75 Å². The van der Waals surface area contributed by atoms with Crippen LogP contribution in [-0.2, 0) is 17.8 Å². The zero-order valence-electron chi connectivity index (χ0n) is 17.7. The van der Waals surface area contributed by atoms with E-state index in [4.69, 9.17) is 16.3 Å². The van der Waals surface area contributed by atoms with Crippen LogP contribution < -0.4 is 10.1 Å². The molecule has 0 bridgehead atoms. The first-order valence-corrected chi connectivity index (χ1v) is 11.2. The zero-order valence-corrected chi connectivity index (χ0v) is 18.5. The molecule has 4 rings (SSSR count). The number of benzene rings is 2. The molecule has 1 aliphatic rings. The standard InChI is InChI=1S/C24H27ClN4O2/c1-17-15-19(25)11-12-21(17)31-14-6-10-23(30)26-20-8-5-7-18(16-20)24-28-27-22-9-3-2-4-13-29(22)24/h5,7-8,11-12,15-16H,2-4,6,9-10,13-14H2,1H3,(H,26,30). The lowest BCUT2D eigenvalue weighted by Crippen LogP contribution is -2.13. The van der Waals surface area contributed by atoms with Crippen LogP contribution in [0.4, 0.5) is 5.69 Å². The Balaban J connectivity index is 1.32. The van der Waals surface area contributed by atoms with Gasteiger partial charge in [0.05, 0.1) is 6.61 Å². The van der Waals surface area contributed by atoms with Crippen molar-refractivity contribution >= 4 is 23.2 Å². The van der Waals surface area contributed by atoms with Gasteiger partial charge in [-0.25, -0.2) is 0 Å². The summed E-state index contributed by atoms with van der Waals surface area (Å²) in [6, 6.07) is 13.3. The minimum Gasteiger partial charge on any atom is -0.493 e. The van der Waals surface area contributed by atoms with Crippen LogP contribution >= 0.6 is 11.6 Å². The van der Waals surface area contributed by atoms with E-state index in [9.17, 15) is 4.79 Å². The van der Waals surface area contributed by atoms with Crippen molar-refractivity contribution in [1.29, 1.82) is 0 Å². The van der Waals surface area contributed by atoms with E-state index >= 15 is 0 Å². The predicted molar refractivity (Wildman–Crippen MR) is 123 cm³/mol. The van der Waals surface area contributed by atoms with Gasteiger partial charge in [-0.1, -0.05) is 30.2 Å². The number of rotatable bonds is 7. The Bertz CT molecular complexity index is 1060. The Morgan fingerprint density at radius 2 is 2.06 bits per heavy atom. The number of halogens is 1. The Hall–Kier alpha value is -2.86. The fourth-order valence-corrected chi connectivity index (χ4v) is 4.07. The highest BCUT2D eigenvalue weighted by Crippen LogP contribution is 2.25. The highest BCUT2D eigenvalue weighted by Gasteiger charge is 2.16. The van der Waals surface area contributed by atoms with Crippen molar-refractivity contribution in [3.05, 3.63) is 58.9 Å². The van der Waals surface area contributed by atoms with Gasteiger partial charge in [0.15, 0.2) is 5.82 Å². The zero-order chi connectivity index (χ0) is 21.6. The first kappa shape index (κ1) is 21.4. The maximum atomic E-state index is 12.4. The number of nitrogens with zero attached hydrogens (tertiary/aromatic N) is 3. The minimum absolute atomic E-state index is 0.0337. The molecule has 0 spiro atoms. The first-order valence-electron chi connectivity index (χ1n) is 10.8. The number of nitrogens with one attached hydrogen (secondary N) is 1. The summed E-state index contributed by atoms with van der Waals surface area (Å²) in [5.41, 5.74) is 2.73. The molecule has 1 aliphatic heterocycles. The van der Waals surface area contributed by atoms with E-state index in [1.165, 1.54) is 6.42 Å². The summed E-state index contributed by atoms with van der Waals surface area (Å²) in [4.78, 5) is 12.4. The van der Waals surface area contributed by atoms with Gasteiger partial charge in [-0.2, -0.15) is 0 Å². The normalized spacial score (nSPS) is 13.4. The second kappa shape index (κ2) is 9.96. The number of aromatic nitrogens is 3. The van der Waals surface area contributed by atoms with E-state index in [1.54, 1.807) is 6.07 Å². The van der Waals surface area contributed by atoms with Crippen molar-refractivity contribution in [2.24, 2.45) is 0 Å². The number of aryl methyl sites for hydroxylation is 2. The fraction of sp³-hybridized carbons (Fsp3) is 0.375. The topological polar surface area (TPSA) is 69.0 Å². The van der Waals surface area contributed by atoms with Gasteiger partial charge in [0.25, 0.3) is 0 Å². The molecule has 0 saturated carbocycles. The van der Waals surface area contributed by atoms with Crippen LogP contribution in [-0.4, -0.2) is 27.3 Å². The SMILES string of the molecule is Cc1cc(Cl)ccc1OCCCC(=O)Nc1cccc(-c2nnc3n2CCCCC3)c1. The monoisotopic (exact) mass is 438 g/mol. The molecule has 6 nitrogen and oxygen atoms in total. The van der Waals surface area contributed by atoms with Crippen molar-refractivity contribution in [2.45, 2.75) is 52.0 Å². The summed E-state index contributed by atoms with van der Waals surface area (Å²) in [6.45, 7) is 3.37. The van der Waals surface area contributed by atoms with Gasteiger partial charge >= 0.3 is 0 Å². The van der Waals surface area contributed by atoms with Crippen LogP contribution in [0.15, 0.2) is 42.5 Å². The maximum Gasteiger partial charge on any atom is 0.224 e. The Kier molecular flexibility index (Phi) is 6.87. The second-order valence-electron chi connectivity index (χ2n) is 7.89. The molecule has 2 aromatic carbocycles. The Morgan fingerprint density at radius 1 is 1.16 bits per heavy atom. The van der Waals surface area contributed by atoms with Gasteiger partial charge in [0.1, 0.15) is 11.6 Å². The molecule has 0 aliphatic carbocycles. The molecule has 0 atom stereocenters. The molecule has 0 unspecified atom stereocenters. The van der Waals surface area contributed by atoms with E-state index in [0.717, 1.165) is 60.0 Å². The van der Waals surface area contributed by atoms with Crippen molar-refractivity contribution in [1.82, 2.24) is 14.8 Å². The molecule has 7 heteroatoms. The lowest BCUT2D eigenvalue weighted by Gasteiger charge is -2.11. The second-order valence-corrected chi connectivity index (χ2v) is 8.33. The number of amides is 1. The number of hydrogen-bond acceptors (Lipinski definition) is 4. The summed E-state index contributed by atoms with van der Waals surface area (Å²) in [6.07, 6.45) is 5.52. The van der Waals surface area contributed by atoms with Crippen LogP contribution in [0.3, 0.4) is 0 Å². The molecule has 2 heterocycles. The molecule has 3 aromatic rings. The number of carbonyl (C=O) groups excluding carboxylic acids is 1. The van der Waals surface area contributed by atoms with Gasteiger partial charge < -0.3 is 14.6 Å². The van der Waals surface area contributed by atoms with Crippen molar-refractivity contribution in [3.8, 4) is 17.1 Å². The lowest BCUT2D eigenvalue weighted by molar-refractivity contribution is -0.116. The van der Waals surface area contributed by atoms with Crippen molar-refractivity contribution in [2.75, 3.05) is 11.9 Å². The maximum absolute atomic E-state index is 12.4. The number of hydrogen-bond donors (Lipinski definition) is 1. The summed E-state index contributed by atoms with van der Waals surface area (Å²) in [5, 5.41) is 12.5. The summed E-state index contributed by atoms with van der Waals surface area (Å²) in [7, 11) is 0. The minimum atomic E-state index is -0.0337. The third kappa shape index (κ3) is 5.44. The van der Waals surface area contributed by atoms with Gasteiger partial charge in [-0.05, 0) is 62.1 Å². The quantitative estimate of drug-likeness (QED) is 0.499. The molecule has 1 aromatic heterocycles. The average molecular weight is 439 g/mol. The van der Waals surface area contributed by atoms with E-state index in [2.05, 4.69) is 20.1 Å². The summed E-state index contributed by atoms with van der Waals surface area (Å²) < 4.78 is 7.98. The highest BCUT2D eigenvalue weighted by atomic mass is 35.5. The van der Waals surface area contributed by atoms with Crippen molar-refractivity contribution < 1.29 is 9.53 Å².